The summed E-state index contributed by atoms with van der Waals surface area (Å²) in [5, 5.41) is 14.3. The minimum Gasteiger partial charge on any atom is -0.317 e. The maximum atomic E-state index is 11.0. The van der Waals surface area contributed by atoms with E-state index in [1.54, 1.807) is 12.1 Å². The van der Waals surface area contributed by atoms with Crippen LogP contribution in [0.2, 0.25) is 0 Å². The summed E-state index contributed by atoms with van der Waals surface area (Å²) in [4.78, 5) is 10.7. The van der Waals surface area contributed by atoms with Crippen LogP contribution in [0.25, 0.3) is 0 Å². The summed E-state index contributed by atoms with van der Waals surface area (Å²) >= 11 is 0. The molecule has 1 aliphatic rings. The highest BCUT2D eigenvalue weighted by atomic mass is 16.6. The largest absolute Gasteiger partial charge is 0.317 e. The quantitative estimate of drug-likeness (QED) is 0.632. The zero-order valence-electron chi connectivity index (χ0n) is 11.5. The third-order valence-corrected chi connectivity index (χ3v) is 4.16. The molecule has 1 unspecified atom stereocenters. The minimum atomic E-state index is -0.280. The van der Waals surface area contributed by atoms with Gasteiger partial charge in [-0.25, -0.2) is 0 Å². The fourth-order valence-electron chi connectivity index (χ4n) is 3.08. The second kappa shape index (κ2) is 6.66. The molecule has 0 heterocycles. The van der Waals surface area contributed by atoms with Crippen LogP contribution >= 0.6 is 0 Å². The van der Waals surface area contributed by atoms with Crippen LogP contribution in [0.3, 0.4) is 0 Å². The number of rotatable bonds is 6. The summed E-state index contributed by atoms with van der Waals surface area (Å²) in [5.41, 5.74) is 1.08. The topological polar surface area (TPSA) is 55.2 Å². The lowest BCUT2D eigenvalue weighted by Gasteiger charge is -2.20. The number of nitro groups is 1. The molecule has 4 heteroatoms. The van der Waals surface area contributed by atoms with E-state index in [0.717, 1.165) is 24.3 Å². The lowest BCUT2D eigenvalue weighted by atomic mass is 9.93. The Morgan fingerprint density at radius 1 is 1.37 bits per heavy atom. The molecule has 1 atom stereocenters. The Hall–Kier alpha value is -1.42. The maximum Gasteiger partial charge on any atom is 0.272 e. The van der Waals surface area contributed by atoms with Gasteiger partial charge in [-0.2, -0.15) is 0 Å². The molecule has 19 heavy (non-hydrogen) atoms. The molecule has 104 valence electrons. The van der Waals surface area contributed by atoms with Gasteiger partial charge in [0.2, 0.25) is 0 Å². The molecular formula is C15H22N2O2. The van der Waals surface area contributed by atoms with E-state index in [1.165, 1.54) is 25.7 Å². The monoisotopic (exact) mass is 262 g/mol. The Labute approximate surface area is 114 Å². The van der Waals surface area contributed by atoms with Crippen LogP contribution in [0.1, 0.15) is 37.7 Å². The molecule has 1 aromatic rings. The van der Waals surface area contributed by atoms with E-state index in [9.17, 15) is 10.1 Å². The zero-order chi connectivity index (χ0) is 13.7. The summed E-state index contributed by atoms with van der Waals surface area (Å²) < 4.78 is 0. The molecule has 1 N–H and O–H groups in total. The van der Waals surface area contributed by atoms with Crippen LogP contribution in [0, 0.1) is 16.0 Å². The number of nitrogens with one attached hydrogen (secondary N) is 1. The Morgan fingerprint density at radius 2 is 2.05 bits per heavy atom. The number of hydrogen-bond donors (Lipinski definition) is 1. The van der Waals surface area contributed by atoms with Crippen LogP contribution in [-0.4, -0.2) is 18.0 Å². The number of nitrogens with zero attached hydrogens (tertiary/aromatic N) is 1. The Kier molecular flexibility index (Phi) is 4.91. The predicted molar refractivity (Wildman–Crippen MR) is 76.2 cm³/mol. The van der Waals surface area contributed by atoms with Gasteiger partial charge in [0.25, 0.3) is 5.69 Å². The molecule has 1 aliphatic carbocycles. The highest BCUT2D eigenvalue weighted by Gasteiger charge is 2.22. The fourth-order valence-corrected chi connectivity index (χ4v) is 3.08. The summed E-state index contributed by atoms with van der Waals surface area (Å²) in [7, 11) is 1.95. The van der Waals surface area contributed by atoms with Gasteiger partial charge in [0.15, 0.2) is 0 Å². The molecule has 0 saturated heterocycles. The van der Waals surface area contributed by atoms with Gasteiger partial charge in [-0.1, -0.05) is 43.9 Å². The lowest BCUT2D eigenvalue weighted by molar-refractivity contribution is -0.385. The van der Waals surface area contributed by atoms with E-state index >= 15 is 0 Å². The predicted octanol–water partition coefficient (Wildman–Crippen LogP) is 3.31. The smallest absolute Gasteiger partial charge is 0.272 e. The summed E-state index contributed by atoms with van der Waals surface area (Å²) in [6.45, 7) is 0. The van der Waals surface area contributed by atoms with E-state index in [-0.39, 0.29) is 10.6 Å². The van der Waals surface area contributed by atoms with Crippen molar-refractivity contribution < 1.29 is 4.92 Å². The number of benzene rings is 1. The SMILES string of the molecule is CNC(Cc1ccccc1[N+](=O)[O-])CC1CCCC1. The number of nitro benzene ring substituents is 1. The summed E-state index contributed by atoms with van der Waals surface area (Å²) in [6, 6.07) is 7.41. The Morgan fingerprint density at radius 3 is 2.68 bits per heavy atom. The third kappa shape index (κ3) is 3.77. The first-order valence-corrected chi connectivity index (χ1v) is 7.10. The average Bonchev–Trinajstić information content (AvgIpc) is 2.91. The standard InChI is InChI=1S/C15H22N2O2/c1-16-14(10-12-6-2-3-7-12)11-13-8-4-5-9-15(13)17(18)19/h4-5,8-9,12,14,16H,2-3,6-7,10-11H2,1H3. The Bertz CT molecular complexity index is 428. The van der Waals surface area contributed by atoms with Gasteiger partial charge in [0, 0.05) is 17.7 Å². The maximum absolute atomic E-state index is 11.0. The fraction of sp³-hybridized carbons (Fsp3) is 0.600. The van der Waals surface area contributed by atoms with E-state index in [0.29, 0.717) is 6.04 Å². The highest BCUT2D eigenvalue weighted by Crippen LogP contribution is 2.30. The third-order valence-electron chi connectivity index (χ3n) is 4.16. The molecule has 0 bridgehead atoms. The van der Waals surface area contributed by atoms with Crippen molar-refractivity contribution in [1.29, 1.82) is 0 Å². The van der Waals surface area contributed by atoms with Crippen LogP contribution in [0.15, 0.2) is 24.3 Å². The van der Waals surface area contributed by atoms with E-state index < -0.39 is 0 Å². The molecule has 0 amide bonds. The van der Waals surface area contributed by atoms with Crippen LogP contribution in [0.4, 0.5) is 5.69 Å². The van der Waals surface area contributed by atoms with Crippen molar-refractivity contribution in [1.82, 2.24) is 5.32 Å². The van der Waals surface area contributed by atoms with Gasteiger partial charge in [-0.05, 0) is 25.8 Å². The van der Waals surface area contributed by atoms with Gasteiger partial charge in [0.1, 0.15) is 0 Å². The molecule has 0 aromatic heterocycles. The zero-order valence-corrected chi connectivity index (χ0v) is 11.5. The molecule has 1 fully saturated rings. The number of hydrogen-bond acceptors (Lipinski definition) is 3. The van der Waals surface area contributed by atoms with E-state index in [4.69, 9.17) is 0 Å². The summed E-state index contributed by atoms with van der Waals surface area (Å²) in [6.07, 6.45) is 7.18. The first kappa shape index (κ1) is 14.0. The van der Waals surface area contributed by atoms with E-state index in [2.05, 4.69) is 5.32 Å². The van der Waals surface area contributed by atoms with Crippen LogP contribution < -0.4 is 5.32 Å². The number of para-hydroxylation sites is 1. The first-order chi connectivity index (χ1) is 9.20. The van der Waals surface area contributed by atoms with E-state index in [1.807, 2.05) is 19.2 Å². The van der Waals surface area contributed by atoms with Crippen LogP contribution in [-0.2, 0) is 6.42 Å². The highest BCUT2D eigenvalue weighted by molar-refractivity contribution is 5.40. The van der Waals surface area contributed by atoms with Gasteiger partial charge in [-0.15, -0.1) is 0 Å². The average molecular weight is 262 g/mol. The van der Waals surface area contributed by atoms with Crippen molar-refractivity contribution in [2.45, 2.75) is 44.6 Å². The normalized spacial score (nSPS) is 17.5. The second-order valence-electron chi connectivity index (χ2n) is 5.46. The molecule has 1 aromatic carbocycles. The molecule has 0 aliphatic heterocycles. The van der Waals surface area contributed by atoms with Gasteiger partial charge < -0.3 is 5.32 Å². The molecule has 0 radical (unpaired) electrons. The molecular weight excluding hydrogens is 240 g/mol. The second-order valence-corrected chi connectivity index (χ2v) is 5.46. The molecule has 4 nitrogen and oxygen atoms in total. The lowest BCUT2D eigenvalue weighted by Crippen LogP contribution is -2.29. The van der Waals surface area contributed by atoms with Crippen LogP contribution in [0.5, 0.6) is 0 Å². The van der Waals surface area contributed by atoms with Gasteiger partial charge in [0.05, 0.1) is 4.92 Å². The summed E-state index contributed by atoms with van der Waals surface area (Å²) in [5.74, 6) is 0.792. The van der Waals surface area contributed by atoms with Crippen molar-refractivity contribution in [3.05, 3.63) is 39.9 Å². The first-order valence-electron chi connectivity index (χ1n) is 7.10. The van der Waals surface area contributed by atoms with Crippen molar-refractivity contribution in [3.8, 4) is 0 Å². The minimum absolute atomic E-state index is 0.245. The van der Waals surface area contributed by atoms with Gasteiger partial charge >= 0.3 is 0 Å². The van der Waals surface area contributed by atoms with Crippen molar-refractivity contribution in [2.24, 2.45) is 5.92 Å². The number of likely N-dealkylation sites (N-methyl/N-ethyl adjacent to an activating group) is 1. The van der Waals surface area contributed by atoms with Crippen molar-refractivity contribution >= 4 is 5.69 Å². The van der Waals surface area contributed by atoms with Crippen molar-refractivity contribution in [2.75, 3.05) is 7.05 Å². The van der Waals surface area contributed by atoms with Gasteiger partial charge in [-0.3, -0.25) is 10.1 Å². The molecule has 1 saturated carbocycles. The molecule has 0 spiro atoms. The van der Waals surface area contributed by atoms with Crippen molar-refractivity contribution in [3.63, 3.8) is 0 Å². The Balaban J connectivity index is 2.03. The molecule has 2 rings (SSSR count).